The summed E-state index contributed by atoms with van der Waals surface area (Å²) in [5.74, 6) is 0.436. The molecule has 3 aromatic rings. The van der Waals surface area contributed by atoms with E-state index in [-0.39, 0.29) is 24.1 Å². The van der Waals surface area contributed by atoms with Crippen molar-refractivity contribution in [3.05, 3.63) is 69.8 Å². The molecule has 1 unspecified atom stereocenters. The second kappa shape index (κ2) is 7.72. The average Bonchev–Trinajstić information content (AvgIpc) is 2.64. The Labute approximate surface area is 158 Å². The normalized spacial score (nSPS) is 12.3. The first-order valence-electron chi connectivity index (χ1n) is 8.92. The molecule has 2 N–H and O–H groups in total. The number of carbonyl (C=O) groups is 1. The molecule has 1 atom stereocenters. The van der Waals surface area contributed by atoms with E-state index in [2.05, 4.69) is 15.3 Å². The van der Waals surface area contributed by atoms with E-state index >= 15 is 0 Å². The van der Waals surface area contributed by atoms with Crippen LogP contribution < -0.4 is 10.9 Å². The molecule has 1 heterocycles. The summed E-state index contributed by atoms with van der Waals surface area (Å²) in [4.78, 5) is 34.0. The predicted octanol–water partition coefficient (Wildman–Crippen LogP) is 3.17. The van der Waals surface area contributed by atoms with Crippen LogP contribution in [0, 0.1) is 13.8 Å². The minimum atomic E-state index is -0.217. The maximum Gasteiger partial charge on any atom is 0.258 e. The second-order valence-electron chi connectivity index (χ2n) is 6.87. The fourth-order valence-corrected chi connectivity index (χ4v) is 3.07. The number of benzene rings is 2. The highest BCUT2D eigenvalue weighted by Gasteiger charge is 2.18. The number of hydrogen-bond acceptors (Lipinski definition) is 4. The number of para-hydroxylation sites is 2. The van der Waals surface area contributed by atoms with Crippen LogP contribution >= 0.6 is 0 Å². The number of hydrogen-bond donors (Lipinski definition) is 2. The molecule has 0 fully saturated rings. The van der Waals surface area contributed by atoms with Gasteiger partial charge in [0.25, 0.3) is 5.56 Å². The van der Waals surface area contributed by atoms with Gasteiger partial charge in [0.1, 0.15) is 5.82 Å². The Morgan fingerprint density at radius 3 is 2.52 bits per heavy atom. The Kier molecular flexibility index (Phi) is 5.37. The van der Waals surface area contributed by atoms with Crippen molar-refractivity contribution in [3.8, 4) is 0 Å². The van der Waals surface area contributed by atoms with Gasteiger partial charge in [-0.05, 0) is 51.1 Å². The number of fused-ring (bicyclic) bond motifs is 1. The molecule has 6 nitrogen and oxygen atoms in total. The van der Waals surface area contributed by atoms with Crippen molar-refractivity contribution in [1.29, 1.82) is 0 Å². The molecule has 6 heteroatoms. The Bertz CT molecular complexity index is 1020. The van der Waals surface area contributed by atoms with Gasteiger partial charge >= 0.3 is 0 Å². The van der Waals surface area contributed by atoms with Crippen LogP contribution in [0.25, 0.3) is 10.9 Å². The van der Waals surface area contributed by atoms with Gasteiger partial charge < -0.3 is 10.3 Å². The minimum Gasteiger partial charge on any atom is -0.324 e. The number of rotatable bonds is 5. The maximum atomic E-state index is 12.5. The summed E-state index contributed by atoms with van der Waals surface area (Å²) in [5.41, 5.74) is 3.38. The molecule has 0 saturated heterocycles. The highest BCUT2D eigenvalue weighted by atomic mass is 16.2. The molecule has 1 amide bonds. The van der Waals surface area contributed by atoms with Crippen molar-refractivity contribution in [1.82, 2.24) is 14.9 Å². The van der Waals surface area contributed by atoms with E-state index in [1.807, 2.05) is 69.1 Å². The fourth-order valence-electron chi connectivity index (χ4n) is 3.07. The van der Waals surface area contributed by atoms with E-state index in [1.165, 1.54) is 0 Å². The number of H-pyrrole nitrogens is 1. The molecule has 3 rings (SSSR count). The zero-order valence-electron chi connectivity index (χ0n) is 16.0. The van der Waals surface area contributed by atoms with E-state index in [9.17, 15) is 9.59 Å². The first-order chi connectivity index (χ1) is 12.9. The van der Waals surface area contributed by atoms with Crippen LogP contribution in [-0.4, -0.2) is 34.4 Å². The molecular formula is C21H24N4O2. The number of carbonyl (C=O) groups excluding carboxylic acids is 1. The van der Waals surface area contributed by atoms with E-state index in [0.717, 1.165) is 16.8 Å². The molecule has 0 aliphatic heterocycles. The first kappa shape index (κ1) is 18.8. The van der Waals surface area contributed by atoms with Crippen LogP contribution in [0.4, 0.5) is 5.69 Å². The van der Waals surface area contributed by atoms with E-state index in [0.29, 0.717) is 16.7 Å². The second-order valence-corrected chi connectivity index (χ2v) is 6.87. The summed E-state index contributed by atoms with van der Waals surface area (Å²) in [5, 5.41) is 3.54. The van der Waals surface area contributed by atoms with E-state index in [4.69, 9.17) is 0 Å². The van der Waals surface area contributed by atoms with Gasteiger partial charge in [0.2, 0.25) is 5.91 Å². The Morgan fingerprint density at radius 2 is 1.81 bits per heavy atom. The van der Waals surface area contributed by atoms with Crippen molar-refractivity contribution in [2.45, 2.75) is 26.8 Å². The lowest BCUT2D eigenvalue weighted by molar-refractivity contribution is -0.117. The van der Waals surface area contributed by atoms with Crippen LogP contribution in [0.1, 0.15) is 29.9 Å². The standard InChI is InChI=1S/C21H24N4O2/c1-13-8-7-9-14(2)19(13)23-18(26)12-25(4)15(3)20-22-17-11-6-5-10-16(17)21(27)24-20/h5-11,15H,12H2,1-4H3,(H,23,26)(H,22,24,27). The van der Waals surface area contributed by atoms with E-state index in [1.54, 1.807) is 6.07 Å². The number of aromatic nitrogens is 2. The van der Waals surface area contributed by atoms with Crippen molar-refractivity contribution < 1.29 is 4.79 Å². The lowest BCUT2D eigenvalue weighted by Crippen LogP contribution is -2.34. The molecular weight excluding hydrogens is 340 g/mol. The summed E-state index contributed by atoms with van der Waals surface area (Å²) in [7, 11) is 1.84. The highest BCUT2D eigenvalue weighted by molar-refractivity contribution is 5.93. The lowest BCUT2D eigenvalue weighted by Gasteiger charge is -2.24. The number of likely N-dealkylation sites (N-methyl/N-ethyl adjacent to an activating group) is 1. The van der Waals surface area contributed by atoms with Crippen LogP contribution in [0.15, 0.2) is 47.3 Å². The number of aromatic amines is 1. The van der Waals surface area contributed by atoms with Gasteiger partial charge in [-0.25, -0.2) is 4.98 Å². The predicted molar refractivity (Wildman–Crippen MR) is 108 cm³/mol. The van der Waals surface area contributed by atoms with Gasteiger partial charge in [-0.1, -0.05) is 30.3 Å². The molecule has 0 aliphatic rings. The van der Waals surface area contributed by atoms with Gasteiger partial charge in [0.05, 0.1) is 23.5 Å². The van der Waals surface area contributed by atoms with Crippen molar-refractivity contribution in [2.75, 3.05) is 18.9 Å². The van der Waals surface area contributed by atoms with Gasteiger partial charge in [-0.15, -0.1) is 0 Å². The molecule has 2 aromatic carbocycles. The SMILES string of the molecule is Cc1cccc(C)c1NC(=O)CN(C)C(C)c1nc2ccccc2c(=O)[nH]1. The molecule has 0 spiro atoms. The van der Waals surface area contributed by atoms with Gasteiger partial charge in [-0.3, -0.25) is 14.5 Å². The van der Waals surface area contributed by atoms with Crippen molar-refractivity contribution in [3.63, 3.8) is 0 Å². The number of nitrogens with one attached hydrogen (secondary N) is 2. The number of anilines is 1. The Morgan fingerprint density at radius 1 is 1.15 bits per heavy atom. The Hall–Kier alpha value is -2.99. The molecule has 0 aliphatic carbocycles. The smallest absolute Gasteiger partial charge is 0.258 e. The largest absolute Gasteiger partial charge is 0.324 e. The number of aryl methyl sites for hydroxylation is 2. The molecule has 140 valence electrons. The van der Waals surface area contributed by atoms with Gasteiger partial charge in [0.15, 0.2) is 0 Å². The van der Waals surface area contributed by atoms with E-state index < -0.39 is 0 Å². The Balaban J connectivity index is 1.75. The summed E-state index contributed by atoms with van der Waals surface area (Å²) < 4.78 is 0. The quantitative estimate of drug-likeness (QED) is 0.729. The third-order valence-corrected chi connectivity index (χ3v) is 4.83. The fraction of sp³-hybridized carbons (Fsp3) is 0.286. The van der Waals surface area contributed by atoms with Gasteiger partial charge in [-0.2, -0.15) is 0 Å². The van der Waals surface area contributed by atoms with Crippen molar-refractivity contribution in [2.24, 2.45) is 0 Å². The number of nitrogens with zero attached hydrogens (tertiary/aromatic N) is 2. The molecule has 0 saturated carbocycles. The summed E-state index contributed by atoms with van der Waals surface area (Å²) in [6.07, 6.45) is 0. The summed E-state index contributed by atoms with van der Waals surface area (Å²) >= 11 is 0. The molecule has 0 bridgehead atoms. The minimum absolute atomic E-state index is 0.107. The summed E-state index contributed by atoms with van der Waals surface area (Å²) in [6.45, 7) is 6.04. The molecule has 27 heavy (non-hydrogen) atoms. The van der Waals surface area contributed by atoms with Crippen LogP contribution in [0.2, 0.25) is 0 Å². The summed E-state index contributed by atoms with van der Waals surface area (Å²) in [6, 6.07) is 12.9. The van der Waals surface area contributed by atoms with Crippen molar-refractivity contribution >= 4 is 22.5 Å². The van der Waals surface area contributed by atoms with Crippen LogP contribution in [-0.2, 0) is 4.79 Å². The maximum absolute atomic E-state index is 12.5. The van der Waals surface area contributed by atoms with Crippen LogP contribution in [0.3, 0.4) is 0 Å². The number of amides is 1. The average molecular weight is 364 g/mol. The third-order valence-electron chi connectivity index (χ3n) is 4.83. The lowest BCUT2D eigenvalue weighted by atomic mass is 10.1. The zero-order chi connectivity index (χ0) is 19.6. The molecule has 1 aromatic heterocycles. The third kappa shape index (κ3) is 4.06. The first-order valence-corrected chi connectivity index (χ1v) is 8.92. The molecule has 0 radical (unpaired) electrons. The zero-order valence-corrected chi connectivity index (χ0v) is 16.0. The van der Waals surface area contributed by atoms with Crippen LogP contribution in [0.5, 0.6) is 0 Å². The highest BCUT2D eigenvalue weighted by Crippen LogP contribution is 2.20. The monoisotopic (exact) mass is 364 g/mol. The van der Waals surface area contributed by atoms with Gasteiger partial charge in [0, 0.05) is 5.69 Å². The topological polar surface area (TPSA) is 78.1 Å².